The molecule has 31 heavy (non-hydrogen) atoms. The van der Waals surface area contributed by atoms with E-state index < -0.39 is 4.92 Å². The van der Waals surface area contributed by atoms with Crippen molar-refractivity contribution in [2.45, 2.75) is 6.92 Å². The van der Waals surface area contributed by atoms with Crippen molar-refractivity contribution in [1.29, 1.82) is 0 Å². The lowest BCUT2D eigenvalue weighted by molar-refractivity contribution is -0.384. The van der Waals surface area contributed by atoms with Gasteiger partial charge in [0.2, 0.25) is 0 Å². The first-order chi connectivity index (χ1) is 14.9. The number of carbonyl (C=O) groups excluding carboxylic acids is 1. The molecule has 8 nitrogen and oxygen atoms in total. The van der Waals surface area contributed by atoms with E-state index in [2.05, 4.69) is 5.10 Å². The molecule has 3 aromatic rings. The monoisotopic (exact) mass is 437 g/mol. The van der Waals surface area contributed by atoms with Crippen LogP contribution in [0.25, 0.3) is 17.4 Å². The minimum absolute atomic E-state index is 0.142. The molecule has 2 aromatic carbocycles. The van der Waals surface area contributed by atoms with Gasteiger partial charge in [-0.1, -0.05) is 11.6 Å². The van der Waals surface area contributed by atoms with E-state index in [0.29, 0.717) is 44.8 Å². The van der Waals surface area contributed by atoms with E-state index in [1.165, 1.54) is 18.2 Å². The van der Waals surface area contributed by atoms with Gasteiger partial charge >= 0.3 is 0 Å². The highest BCUT2D eigenvalue weighted by Crippen LogP contribution is 2.35. The van der Waals surface area contributed by atoms with E-state index in [-0.39, 0.29) is 11.6 Å². The second-order valence-electron chi connectivity index (χ2n) is 6.68. The van der Waals surface area contributed by atoms with Crippen molar-refractivity contribution in [1.82, 2.24) is 0 Å². The molecule has 1 aromatic heterocycles. The molecule has 1 aliphatic heterocycles. The number of anilines is 1. The molecule has 0 bridgehead atoms. The zero-order chi connectivity index (χ0) is 22.1. The molecule has 0 N–H and O–H groups in total. The highest BCUT2D eigenvalue weighted by atomic mass is 35.5. The Hall–Kier alpha value is -3.91. The van der Waals surface area contributed by atoms with Crippen LogP contribution in [0.3, 0.4) is 0 Å². The van der Waals surface area contributed by atoms with E-state index in [1.807, 2.05) is 0 Å². The van der Waals surface area contributed by atoms with Crippen LogP contribution in [0, 0.1) is 10.1 Å². The Morgan fingerprint density at radius 3 is 2.58 bits per heavy atom. The Bertz CT molecular complexity index is 1240. The standard InChI is InChI=1S/C22H16ClN3O5/c1-13-19(22(27)25(24-13)15-5-3-14(23)4-6-15)11-17-8-10-21(31-17)18-9-7-16(30-2)12-20(18)26(28)29/h3-12H,1-2H3/b19-11-. The quantitative estimate of drug-likeness (QED) is 0.305. The highest BCUT2D eigenvalue weighted by molar-refractivity contribution is 6.32. The molecule has 0 aliphatic carbocycles. The molecule has 4 rings (SSSR count). The second kappa shape index (κ2) is 8.08. The van der Waals surface area contributed by atoms with E-state index >= 15 is 0 Å². The molecule has 0 saturated heterocycles. The molecule has 0 radical (unpaired) electrons. The number of halogens is 1. The fourth-order valence-electron chi connectivity index (χ4n) is 3.16. The van der Waals surface area contributed by atoms with Crippen molar-refractivity contribution in [2.75, 3.05) is 12.1 Å². The molecule has 2 heterocycles. The van der Waals surface area contributed by atoms with Crippen molar-refractivity contribution in [3.8, 4) is 17.1 Å². The maximum atomic E-state index is 12.9. The normalized spacial score (nSPS) is 14.8. The zero-order valence-corrected chi connectivity index (χ0v) is 17.3. The molecule has 1 aliphatic rings. The summed E-state index contributed by atoms with van der Waals surface area (Å²) in [5.74, 6) is 0.731. The topological polar surface area (TPSA) is 98.2 Å². The van der Waals surface area contributed by atoms with Gasteiger partial charge in [0, 0.05) is 5.02 Å². The lowest BCUT2D eigenvalue weighted by Crippen LogP contribution is -2.21. The van der Waals surface area contributed by atoms with Crippen LogP contribution >= 0.6 is 11.6 Å². The van der Waals surface area contributed by atoms with E-state index in [9.17, 15) is 14.9 Å². The lowest BCUT2D eigenvalue weighted by Gasteiger charge is -2.11. The van der Waals surface area contributed by atoms with Crippen LogP contribution in [-0.2, 0) is 4.79 Å². The number of hydrogen-bond acceptors (Lipinski definition) is 6. The van der Waals surface area contributed by atoms with Crippen LogP contribution < -0.4 is 9.75 Å². The summed E-state index contributed by atoms with van der Waals surface area (Å²) in [4.78, 5) is 23.8. The Morgan fingerprint density at radius 2 is 1.90 bits per heavy atom. The molecule has 1 amide bonds. The van der Waals surface area contributed by atoms with Gasteiger partial charge in [0.05, 0.1) is 40.6 Å². The minimum Gasteiger partial charge on any atom is -0.497 e. The Balaban J connectivity index is 1.65. The van der Waals surface area contributed by atoms with Crippen LogP contribution in [0.2, 0.25) is 5.02 Å². The van der Waals surface area contributed by atoms with Crippen molar-refractivity contribution in [3.63, 3.8) is 0 Å². The van der Waals surface area contributed by atoms with Gasteiger partial charge in [-0.15, -0.1) is 0 Å². The summed E-state index contributed by atoms with van der Waals surface area (Å²) in [7, 11) is 1.44. The Morgan fingerprint density at radius 1 is 1.16 bits per heavy atom. The zero-order valence-electron chi connectivity index (χ0n) is 16.5. The second-order valence-corrected chi connectivity index (χ2v) is 7.12. The van der Waals surface area contributed by atoms with Crippen LogP contribution in [0.1, 0.15) is 12.7 Å². The van der Waals surface area contributed by atoms with Crippen molar-refractivity contribution in [3.05, 3.63) is 81.1 Å². The minimum atomic E-state index is -0.500. The first-order valence-electron chi connectivity index (χ1n) is 9.17. The molecule has 0 spiro atoms. The van der Waals surface area contributed by atoms with Gasteiger partial charge in [0.15, 0.2) is 0 Å². The SMILES string of the molecule is COc1ccc(-c2ccc(/C=C3\C(=O)N(c4ccc(Cl)cc4)N=C3C)o2)c([N+](=O)[O-])c1. The van der Waals surface area contributed by atoms with Crippen molar-refractivity contribution in [2.24, 2.45) is 5.10 Å². The van der Waals surface area contributed by atoms with Crippen molar-refractivity contribution >= 4 is 40.7 Å². The fraction of sp³-hybridized carbons (Fsp3) is 0.0909. The van der Waals surface area contributed by atoms with Crippen LogP contribution in [-0.4, -0.2) is 23.7 Å². The van der Waals surface area contributed by atoms with Gasteiger partial charge < -0.3 is 9.15 Å². The summed E-state index contributed by atoms with van der Waals surface area (Å²) in [6, 6.07) is 14.5. The third kappa shape index (κ3) is 3.93. The van der Waals surface area contributed by atoms with Crippen LogP contribution in [0.15, 0.2) is 69.7 Å². The summed E-state index contributed by atoms with van der Waals surface area (Å²) >= 11 is 5.91. The van der Waals surface area contributed by atoms with Crippen LogP contribution in [0.5, 0.6) is 5.75 Å². The molecule has 9 heteroatoms. The highest BCUT2D eigenvalue weighted by Gasteiger charge is 2.29. The fourth-order valence-corrected chi connectivity index (χ4v) is 3.28. The molecular formula is C22H16ClN3O5. The number of carbonyl (C=O) groups is 1. The third-order valence-electron chi connectivity index (χ3n) is 4.71. The number of methoxy groups -OCH3 is 1. The molecule has 0 atom stereocenters. The van der Waals surface area contributed by atoms with E-state index in [0.717, 1.165) is 0 Å². The van der Waals surface area contributed by atoms with E-state index in [4.69, 9.17) is 20.8 Å². The van der Waals surface area contributed by atoms with Gasteiger partial charge in [-0.25, -0.2) is 0 Å². The van der Waals surface area contributed by atoms with Gasteiger partial charge in [-0.3, -0.25) is 14.9 Å². The predicted molar refractivity (Wildman–Crippen MR) is 117 cm³/mol. The van der Waals surface area contributed by atoms with Gasteiger partial charge in [-0.05, 0) is 61.5 Å². The third-order valence-corrected chi connectivity index (χ3v) is 4.97. The van der Waals surface area contributed by atoms with Crippen LogP contribution in [0.4, 0.5) is 11.4 Å². The number of furan rings is 1. The molecular weight excluding hydrogens is 422 g/mol. The largest absolute Gasteiger partial charge is 0.497 e. The number of ether oxygens (including phenoxy) is 1. The maximum Gasteiger partial charge on any atom is 0.284 e. The number of benzene rings is 2. The van der Waals surface area contributed by atoms with Crippen molar-refractivity contribution < 1.29 is 18.9 Å². The Kier molecular flexibility index (Phi) is 5.31. The summed E-state index contributed by atoms with van der Waals surface area (Å²) in [5.41, 5.74) is 1.64. The summed E-state index contributed by atoms with van der Waals surface area (Å²) in [5, 5.41) is 17.6. The number of hydrogen-bond donors (Lipinski definition) is 0. The molecule has 0 unspecified atom stereocenters. The smallest absolute Gasteiger partial charge is 0.284 e. The first-order valence-corrected chi connectivity index (χ1v) is 9.55. The molecule has 0 fully saturated rings. The lowest BCUT2D eigenvalue weighted by atomic mass is 10.1. The molecule has 156 valence electrons. The van der Waals surface area contributed by atoms with Gasteiger partial charge in [-0.2, -0.15) is 10.1 Å². The van der Waals surface area contributed by atoms with E-state index in [1.54, 1.807) is 61.5 Å². The number of nitrogens with zero attached hydrogens (tertiary/aromatic N) is 3. The number of nitro benzene ring substituents is 1. The number of rotatable bonds is 5. The predicted octanol–water partition coefficient (Wildman–Crippen LogP) is 5.32. The van der Waals surface area contributed by atoms with Gasteiger partial charge in [0.1, 0.15) is 17.3 Å². The summed E-state index contributed by atoms with van der Waals surface area (Å²) in [6.45, 7) is 1.72. The number of hydrazone groups is 1. The number of nitro groups is 1. The van der Waals surface area contributed by atoms with Gasteiger partial charge in [0.25, 0.3) is 11.6 Å². The average molecular weight is 438 g/mol. The molecule has 0 saturated carbocycles. The Labute approximate surface area is 182 Å². The number of amides is 1. The first kappa shape index (κ1) is 20.4. The maximum absolute atomic E-state index is 12.9. The average Bonchev–Trinajstić information content (AvgIpc) is 3.34. The summed E-state index contributed by atoms with van der Waals surface area (Å²) in [6.07, 6.45) is 1.57. The summed E-state index contributed by atoms with van der Waals surface area (Å²) < 4.78 is 10.8.